The molecule has 1 unspecified atom stereocenters. The van der Waals surface area contributed by atoms with E-state index in [9.17, 15) is 0 Å². The lowest BCUT2D eigenvalue weighted by Crippen LogP contribution is -2.13. The highest BCUT2D eigenvalue weighted by atomic mass is 16.5. The Morgan fingerprint density at radius 2 is 2.12 bits per heavy atom. The van der Waals surface area contributed by atoms with Gasteiger partial charge in [0.05, 0.1) is 6.04 Å². The van der Waals surface area contributed by atoms with Gasteiger partial charge in [0.25, 0.3) is 0 Å². The lowest BCUT2D eigenvalue weighted by atomic mass is 10.1. The van der Waals surface area contributed by atoms with Crippen LogP contribution < -0.4 is 5.73 Å². The van der Waals surface area contributed by atoms with E-state index in [0.717, 1.165) is 12.8 Å². The molecule has 16 heavy (non-hydrogen) atoms. The van der Waals surface area contributed by atoms with Crippen molar-refractivity contribution in [3.63, 3.8) is 0 Å². The van der Waals surface area contributed by atoms with Gasteiger partial charge in [0.15, 0.2) is 0 Å². The summed E-state index contributed by atoms with van der Waals surface area (Å²) >= 11 is 0. The first-order valence-electron chi connectivity index (χ1n) is 5.72. The van der Waals surface area contributed by atoms with Crippen molar-refractivity contribution in [2.45, 2.75) is 45.8 Å². The zero-order chi connectivity index (χ0) is 12.1. The summed E-state index contributed by atoms with van der Waals surface area (Å²) < 4.78 is 10.5. The third-order valence-electron chi connectivity index (χ3n) is 2.49. The van der Waals surface area contributed by atoms with Gasteiger partial charge in [-0.3, -0.25) is 0 Å². The van der Waals surface area contributed by atoms with Crippen molar-refractivity contribution in [1.82, 2.24) is 10.1 Å². The summed E-state index contributed by atoms with van der Waals surface area (Å²) in [5, 5.41) is 3.92. The second-order valence-electron chi connectivity index (χ2n) is 4.29. The molecule has 0 aromatic carbocycles. The molecular weight excluding hydrogens is 206 g/mol. The van der Waals surface area contributed by atoms with Gasteiger partial charge in [-0.25, -0.2) is 0 Å². The Balaban J connectivity index is 2.77. The van der Waals surface area contributed by atoms with Crippen molar-refractivity contribution >= 4 is 0 Å². The smallest absolute Gasteiger partial charge is 0.243 e. The molecular formula is C11H21N3O2. The number of methoxy groups -OCH3 is 1. The van der Waals surface area contributed by atoms with Gasteiger partial charge in [0, 0.05) is 7.11 Å². The normalized spacial score (nSPS) is 15.4. The number of rotatable bonds is 6. The largest absolute Gasteiger partial charge is 0.373 e. The topological polar surface area (TPSA) is 74.2 Å². The molecule has 0 saturated heterocycles. The molecule has 5 heteroatoms. The van der Waals surface area contributed by atoms with Crippen LogP contribution in [0.3, 0.4) is 0 Å². The molecule has 1 aromatic heterocycles. The average molecular weight is 227 g/mol. The summed E-state index contributed by atoms with van der Waals surface area (Å²) in [5.74, 6) is 1.39. The highest BCUT2D eigenvalue weighted by Gasteiger charge is 2.23. The maximum absolute atomic E-state index is 5.90. The van der Waals surface area contributed by atoms with Gasteiger partial charge in [-0.15, -0.1) is 0 Å². The summed E-state index contributed by atoms with van der Waals surface area (Å²) in [6.45, 7) is 6.18. The van der Waals surface area contributed by atoms with Crippen molar-refractivity contribution in [3.05, 3.63) is 11.7 Å². The Morgan fingerprint density at radius 1 is 1.44 bits per heavy atom. The lowest BCUT2D eigenvalue weighted by molar-refractivity contribution is 0.0555. The molecule has 2 atom stereocenters. The Hall–Kier alpha value is -0.940. The molecule has 2 N–H and O–H groups in total. The van der Waals surface area contributed by atoms with Gasteiger partial charge in [0.1, 0.15) is 6.10 Å². The van der Waals surface area contributed by atoms with Gasteiger partial charge in [-0.1, -0.05) is 32.3 Å². The van der Waals surface area contributed by atoms with E-state index in [1.165, 1.54) is 0 Å². The fourth-order valence-corrected chi connectivity index (χ4v) is 1.62. The molecule has 0 aliphatic carbocycles. The number of aromatic nitrogens is 2. The molecule has 0 aliphatic rings. The van der Waals surface area contributed by atoms with Crippen LogP contribution in [-0.2, 0) is 4.74 Å². The van der Waals surface area contributed by atoms with Crippen LogP contribution in [-0.4, -0.2) is 17.3 Å². The number of hydrogen-bond donors (Lipinski definition) is 1. The molecule has 1 rings (SSSR count). The van der Waals surface area contributed by atoms with Crippen molar-refractivity contribution in [1.29, 1.82) is 0 Å². The minimum absolute atomic E-state index is 0.133. The van der Waals surface area contributed by atoms with Crippen LogP contribution >= 0.6 is 0 Å². The van der Waals surface area contributed by atoms with E-state index < -0.39 is 0 Å². The maximum atomic E-state index is 5.90. The molecule has 1 heterocycles. The quantitative estimate of drug-likeness (QED) is 0.806. The number of hydrogen-bond acceptors (Lipinski definition) is 5. The van der Waals surface area contributed by atoms with Gasteiger partial charge in [-0.05, 0) is 12.3 Å². The molecule has 1 aromatic rings. The van der Waals surface area contributed by atoms with E-state index in [4.69, 9.17) is 15.0 Å². The Bertz CT molecular complexity index is 312. The minimum atomic E-state index is -0.170. The van der Waals surface area contributed by atoms with Gasteiger partial charge in [0.2, 0.25) is 11.7 Å². The first-order chi connectivity index (χ1) is 7.60. The van der Waals surface area contributed by atoms with Crippen LogP contribution in [0.4, 0.5) is 0 Å². The molecule has 0 amide bonds. The van der Waals surface area contributed by atoms with Gasteiger partial charge >= 0.3 is 0 Å². The molecule has 92 valence electrons. The SMILES string of the molecule is CCC[C@H](N)c1nc(C(OC)C(C)C)no1. The van der Waals surface area contributed by atoms with Crippen molar-refractivity contribution in [2.75, 3.05) is 7.11 Å². The summed E-state index contributed by atoms with van der Waals surface area (Å²) in [7, 11) is 1.65. The fraction of sp³-hybridized carbons (Fsp3) is 0.818. The fourth-order valence-electron chi connectivity index (χ4n) is 1.62. The standard InChI is InChI=1S/C11H21N3O2/c1-5-6-8(12)11-13-10(14-16-11)9(15-4)7(2)3/h7-9H,5-6,12H2,1-4H3/t8-,9?/m0/s1. The zero-order valence-corrected chi connectivity index (χ0v) is 10.4. The predicted molar refractivity (Wildman–Crippen MR) is 60.7 cm³/mol. The molecule has 0 radical (unpaired) electrons. The van der Waals surface area contributed by atoms with Crippen molar-refractivity contribution < 1.29 is 9.26 Å². The second-order valence-corrected chi connectivity index (χ2v) is 4.29. The lowest BCUT2D eigenvalue weighted by Gasteiger charge is -2.14. The third-order valence-corrected chi connectivity index (χ3v) is 2.49. The molecule has 0 aliphatic heterocycles. The van der Waals surface area contributed by atoms with E-state index in [1.807, 2.05) is 0 Å². The molecule has 0 fully saturated rings. The summed E-state index contributed by atoms with van der Waals surface area (Å²) in [5.41, 5.74) is 5.90. The Labute approximate surface area is 96.4 Å². The Kier molecular flexibility index (Phi) is 4.89. The second kappa shape index (κ2) is 5.96. The monoisotopic (exact) mass is 227 g/mol. The maximum Gasteiger partial charge on any atom is 0.243 e. The van der Waals surface area contributed by atoms with E-state index in [0.29, 0.717) is 17.6 Å². The van der Waals surface area contributed by atoms with E-state index in [-0.39, 0.29) is 12.1 Å². The van der Waals surface area contributed by atoms with Crippen LogP contribution in [0.15, 0.2) is 4.52 Å². The summed E-state index contributed by atoms with van der Waals surface area (Å²) in [4.78, 5) is 4.29. The van der Waals surface area contributed by atoms with Crippen LogP contribution in [0.2, 0.25) is 0 Å². The molecule has 5 nitrogen and oxygen atoms in total. The van der Waals surface area contributed by atoms with E-state index in [1.54, 1.807) is 7.11 Å². The van der Waals surface area contributed by atoms with Gasteiger partial charge in [-0.2, -0.15) is 4.98 Å². The van der Waals surface area contributed by atoms with Crippen LogP contribution in [0.1, 0.15) is 57.5 Å². The summed E-state index contributed by atoms with van der Waals surface area (Å²) in [6.07, 6.45) is 1.71. The van der Waals surface area contributed by atoms with Crippen LogP contribution in [0, 0.1) is 5.92 Å². The third kappa shape index (κ3) is 3.02. The zero-order valence-electron chi connectivity index (χ0n) is 10.4. The number of ether oxygens (including phenoxy) is 1. The summed E-state index contributed by atoms with van der Waals surface area (Å²) in [6, 6.07) is -0.170. The minimum Gasteiger partial charge on any atom is -0.373 e. The Morgan fingerprint density at radius 3 is 2.62 bits per heavy atom. The van der Waals surface area contributed by atoms with E-state index in [2.05, 4.69) is 30.9 Å². The molecule has 0 spiro atoms. The van der Waals surface area contributed by atoms with Crippen molar-refractivity contribution in [2.24, 2.45) is 11.7 Å². The predicted octanol–water partition coefficient (Wildman–Crippen LogP) is 2.21. The molecule has 0 bridgehead atoms. The van der Waals surface area contributed by atoms with Crippen LogP contribution in [0.5, 0.6) is 0 Å². The highest BCUT2D eigenvalue weighted by molar-refractivity contribution is 4.96. The first kappa shape index (κ1) is 13.1. The first-order valence-corrected chi connectivity index (χ1v) is 5.72. The van der Waals surface area contributed by atoms with Crippen molar-refractivity contribution in [3.8, 4) is 0 Å². The average Bonchev–Trinajstić information content (AvgIpc) is 2.68. The molecule has 0 saturated carbocycles. The van der Waals surface area contributed by atoms with E-state index >= 15 is 0 Å². The number of nitrogens with two attached hydrogens (primary N) is 1. The van der Waals surface area contributed by atoms with Crippen LogP contribution in [0.25, 0.3) is 0 Å². The highest BCUT2D eigenvalue weighted by Crippen LogP contribution is 2.24. The number of nitrogens with zero attached hydrogens (tertiary/aromatic N) is 2. The van der Waals surface area contributed by atoms with Gasteiger partial charge < -0.3 is 15.0 Å².